The first-order chi connectivity index (χ1) is 5.79. The van der Waals surface area contributed by atoms with Crippen molar-refractivity contribution in [3.63, 3.8) is 0 Å². The van der Waals surface area contributed by atoms with Gasteiger partial charge in [-0.3, -0.25) is 0 Å². The van der Waals surface area contributed by atoms with E-state index in [4.69, 9.17) is 11.5 Å². The van der Waals surface area contributed by atoms with Crippen molar-refractivity contribution in [2.24, 2.45) is 11.5 Å². The van der Waals surface area contributed by atoms with Gasteiger partial charge in [-0.2, -0.15) is 0 Å². The lowest BCUT2D eigenvalue weighted by Crippen LogP contribution is -2.13. The molecule has 0 heterocycles. The Morgan fingerprint density at radius 1 is 1.58 bits per heavy atom. The van der Waals surface area contributed by atoms with Crippen LogP contribution in [0.1, 0.15) is 30.5 Å². The summed E-state index contributed by atoms with van der Waals surface area (Å²) < 4.78 is 0. The molecule has 1 atom stereocenters. The summed E-state index contributed by atoms with van der Waals surface area (Å²) in [5, 5.41) is 0. The molecule has 1 aromatic rings. The number of hydrogen-bond acceptors (Lipinski definition) is 2. The third-order valence-corrected chi connectivity index (χ3v) is 2.05. The second kappa shape index (κ2) is 4.24. The van der Waals surface area contributed by atoms with Crippen LogP contribution in [0.25, 0.3) is 0 Å². The van der Waals surface area contributed by atoms with Crippen molar-refractivity contribution in [1.29, 1.82) is 0 Å². The van der Waals surface area contributed by atoms with Crippen molar-refractivity contribution in [3.8, 4) is 0 Å². The molecule has 65 valence electrons. The summed E-state index contributed by atoms with van der Waals surface area (Å²) in [5.74, 6) is 0. The lowest BCUT2D eigenvalue weighted by Gasteiger charge is -2.12. The van der Waals surface area contributed by atoms with Crippen molar-refractivity contribution >= 4 is 0 Å². The van der Waals surface area contributed by atoms with E-state index in [1.54, 1.807) is 0 Å². The van der Waals surface area contributed by atoms with Gasteiger partial charge >= 0.3 is 0 Å². The molecule has 0 bridgehead atoms. The van der Waals surface area contributed by atoms with Gasteiger partial charge in [-0.05, 0) is 29.7 Å². The molecule has 2 heteroatoms. The van der Waals surface area contributed by atoms with Crippen LogP contribution >= 0.6 is 0 Å². The summed E-state index contributed by atoms with van der Waals surface area (Å²) in [5.41, 5.74) is 13.7. The van der Waals surface area contributed by atoms with Crippen LogP contribution in [0.4, 0.5) is 0 Å². The van der Waals surface area contributed by atoms with Crippen molar-refractivity contribution in [3.05, 3.63) is 35.4 Å². The van der Waals surface area contributed by atoms with E-state index in [1.807, 2.05) is 18.2 Å². The standard InChI is InChI=1S/C10H15N2/c1-2-10(12)9-6-4-3-5-8(9)7-11/h4-6,10H,2,7,11-12H2,1H3. The fourth-order valence-electron chi connectivity index (χ4n) is 1.24. The van der Waals surface area contributed by atoms with Crippen LogP contribution in [0, 0.1) is 6.07 Å². The van der Waals surface area contributed by atoms with E-state index < -0.39 is 0 Å². The highest BCUT2D eigenvalue weighted by Crippen LogP contribution is 2.17. The molecule has 0 spiro atoms. The molecule has 0 aromatic heterocycles. The van der Waals surface area contributed by atoms with E-state index in [0.29, 0.717) is 6.54 Å². The Morgan fingerprint density at radius 3 is 2.92 bits per heavy atom. The summed E-state index contributed by atoms with van der Waals surface area (Å²) in [4.78, 5) is 0. The Morgan fingerprint density at radius 2 is 2.33 bits per heavy atom. The largest absolute Gasteiger partial charge is 0.326 e. The second-order valence-electron chi connectivity index (χ2n) is 2.84. The van der Waals surface area contributed by atoms with Gasteiger partial charge in [0.25, 0.3) is 0 Å². The van der Waals surface area contributed by atoms with Crippen molar-refractivity contribution in [2.75, 3.05) is 0 Å². The van der Waals surface area contributed by atoms with E-state index in [2.05, 4.69) is 13.0 Å². The summed E-state index contributed by atoms with van der Waals surface area (Å²) >= 11 is 0. The Balaban J connectivity index is 2.96. The maximum absolute atomic E-state index is 5.90. The van der Waals surface area contributed by atoms with Gasteiger partial charge in [0, 0.05) is 12.6 Å². The summed E-state index contributed by atoms with van der Waals surface area (Å²) in [6, 6.07) is 8.89. The molecule has 0 aliphatic rings. The van der Waals surface area contributed by atoms with E-state index in [1.165, 1.54) is 0 Å². The normalized spacial score (nSPS) is 12.9. The zero-order chi connectivity index (χ0) is 8.97. The first-order valence-corrected chi connectivity index (χ1v) is 4.24. The Bertz CT molecular complexity index is 245. The van der Waals surface area contributed by atoms with E-state index >= 15 is 0 Å². The van der Waals surface area contributed by atoms with Gasteiger partial charge in [0.2, 0.25) is 0 Å². The van der Waals surface area contributed by atoms with E-state index in [9.17, 15) is 0 Å². The van der Waals surface area contributed by atoms with Gasteiger partial charge in [-0.15, -0.1) is 0 Å². The summed E-state index contributed by atoms with van der Waals surface area (Å²) in [6.07, 6.45) is 0.941. The molecule has 0 amide bonds. The topological polar surface area (TPSA) is 52.0 Å². The minimum atomic E-state index is 0.109. The third-order valence-electron chi connectivity index (χ3n) is 2.05. The molecule has 0 aliphatic carbocycles. The molecular weight excluding hydrogens is 148 g/mol. The molecule has 12 heavy (non-hydrogen) atoms. The van der Waals surface area contributed by atoms with Gasteiger partial charge in [-0.1, -0.05) is 19.1 Å². The first kappa shape index (κ1) is 9.23. The third kappa shape index (κ3) is 1.84. The van der Waals surface area contributed by atoms with E-state index in [0.717, 1.165) is 17.5 Å². The van der Waals surface area contributed by atoms with Crippen molar-refractivity contribution < 1.29 is 0 Å². The van der Waals surface area contributed by atoms with Gasteiger partial charge in [0.15, 0.2) is 0 Å². The highest BCUT2D eigenvalue weighted by atomic mass is 14.6. The van der Waals surface area contributed by atoms with Crippen molar-refractivity contribution in [1.82, 2.24) is 0 Å². The van der Waals surface area contributed by atoms with Gasteiger partial charge < -0.3 is 11.5 Å². The zero-order valence-electron chi connectivity index (χ0n) is 7.38. The van der Waals surface area contributed by atoms with Gasteiger partial charge in [-0.25, -0.2) is 0 Å². The fourth-order valence-corrected chi connectivity index (χ4v) is 1.24. The average molecular weight is 163 g/mol. The Kier molecular flexibility index (Phi) is 3.26. The molecule has 0 saturated carbocycles. The molecule has 0 saturated heterocycles. The lowest BCUT2D eigenvalue weighted by atomic mass is 9.99. The smallest absolute Gasteiger partial charge is 0.0295 e. The van der Waals surface area contributed by atoms with E-state index in [-0.39, 0.29) is 6.04 Å². The fraction of sp³-hybridized carbons (Fsp3) is 0.400. The molecule has 2 nitrogen and oxygen atoms in total. The molecule has 1 aromatic carbocycles. The number of hydrogen-bond donors (Lipinski definition) is 2. The molecular formula is C10H15N2. The number of benzene rings is 1. The summed E-state index contributed by atoms with van der Waals surface area (Å²) in [6.45, 7) is 2.61. The maximum atomic E-state index is 5.90. The first-order valence-electron chi connectivity index (χ1n) is 4.24. The van der Waals surface area contributed by atoms with Crippen LogP contribution in [0.15, 0.2) is 18.2 Å². The Hall–Kier alpha value is -0.860. The molecule has 1 radical (unpaired) electrons. The summed E-state index contributed by atoms with van der Waals surface area (Å²) in [7, 11) is 0. The molecule has 0 fully saturated rings. The Labute approximate surface area is 73.6 Å². The molecule has 1 unspecified atom stereocenters. The maximum Gasteiger partial charge on any atom is 0.0295 e. The predicted octanol–water partition coefficient (Wildman–Crippen LogP) is 1.36. The van der Waals surface area contributed by atoms with Gasteiger partial charge in [0.05, 0.1) is 0 Å². The minimum Gasteiger partial charge on any atom is -0.326 e. The molecule has 0 aliphatic heterocycles. The quantitative estimate of drug-likeness (QED) is 0.706. The molecule has 1 rings (SSSR count). The highest BCUT2D eigenvalue weighted by molar-refractivity contribution is 5.28. The van der Waals surface area contributed by atoms with Gasteiger partial charge in [0.1, 0.15) is 0 Å². The van der Waals surface area contributed by atoms with Crippen LogP contribution in [0.5, 0.6) is 0 Å². The number of rotatable bonds is 3. The predicted molar refractivity (Wildman–Crippen MR) is 50.4 cm³/mol. The minimum absolute atomic E-state index is 0.109. The van der Waals surface area contributed by atoms with Crippen LogP contribution in [0.3, 0.4) is 0 Å². The van der Waals surface area contributed by atoms with Crippen LogP contribution < -0.4 is 11.5 Å². The van der Waals surface area contributed by atoms with Crippen molar-refractivity contribution in [2.45, 2.75) is 25.9 Å². The lowest BCUT2D eigenvalue weighted by molar-refractivity contribution is 0.689. The SMILES string of the molecule is CCC(N)c1cc[c]cc1CN. The average Bonchev–Trinajstić information content (AvgIpc) is 2.16. The van der Waals surface area contributed by atoms with Crippen LogP contribution in [-0.2, 0) is 6.54 Å². The monoisotopic (exact) mass is 163 g/mol. The van der Waals surface area contributed by atoms with Crippen LogP contribution in [-0.4, -0.2) is 0 Å². The molecule has 4 N–H and O–H groups in total. The highest BCUT2D eigenvalue weighted by Gasteiger charge is 2.06. The number of nitrogens with two attached hydrogens (primary N) is 2. The van der Waals surface area contributed by atoms with Crippen LogP contribution in [0.2, 0.25) is 0 Å². The second-order valence-corrected chi connectivity index (χ2v) is 2.84. The zero-order valence-corrected chi connectivity index (χ0v) is 7.38.